The Hall–Kier alpha value is 0.210. The van der Waals surface area contributed by atoms with Crippen molar-refractivity contribution >= 4 is 12.4 Å². The number of hydrogen-bond acceptors (Lipinski definition) is 2. The zero-order valence-electron chi connectivity index (χ0n) is 9.19. The average molecular weight is 232 g/mol. The first kappa shape index (κ1) is 11.7. The summed E-state index contributed by atoms with van der Waals surface area (Å²) < 4.78 is 0. The molecule has 4 fully saturated rings. The first-order chi connectivity index (χ1) is 6.72. The van der Waals surface area contributed by atoms with Gasteiger partial charge in [0.1, 0.15) is 0 Å². The smallest absolute Gasteiger partial charge is 0.0587 e. The lowest BCUT2D eigenvalue weighted by Gasteiger charge is -2.58. The average Bonchev–Trinajstić information content (AvgIpc) is 2.14. The van der Waals surface area contributed by atoms with Crippen molar-refractivity contribution in [1.82, 2.24) is 0 Å². The Labute approximate surface area is 98.0 Å². The van der Waals surface area contributed by atoms with Crippen LogP contribution in [0.3, 0.4) is 0 Å². The lowest BCUT2D eigenvalue weighted by molar-refractivity contribution is -0.0747. The maximum atomic E-state index is 9.27. The van der Waals surface area contributed by atoms with Gasteiger partial charge in [-0.25, -0.2) is 0 Å². The standard InChI is InChI=1S/C12H21NO.ClH/c13-11(7-14)12-4-8-1-9(5-12)3-10(2-8)6-12;/h8-11,14H,1-7,13H2;1H/t8?,9?,10?,11-,12?;/m0./s1. The van der Waals surface area contributed by atoms with Crippen molar-refractivity contribution in [1.29, 1.82) is 0 Å². The van der Waals surface area contributed by atoms with Crippen molar-refractivity contribution in [3.8, 4) is 0 Å². The lowest BCUT2D eigenvalue weighted by atomic mass is 9.48. The summed E-state index contributed by atoms with van der Waals surface area (Å²) in [6, 6.07) is 0.0518. The first-order valence-corrected chi connectivity index (χ1v) is 6.08. The summed E-state index contributed by atoms with van der Waals surface area (Å²) in [5.74, 6) is 2.83. The lowest BCUT2D eigenvalue weighted by Crippen LogP contribution is -2.55. The van der Waals surface area contributed by atoms with E-state index in [-0.39, 0.29) is 25.1 Å². The fourth-order valence-corrected chi connectivity index (χ4v) is 4.83. The van der Waals surface area contributed by atoms with E-state index < -0.39 is 0 Å². The van der Waals surface area contributed by atoms with E-state index in [2.05, 4.69) is 0 Å². The SMILES string of the molecule is Cl.N[C@@H](CO)C12CC3CC(CC(C3)C1)C2. The predicted molar refractivity (Wildman–Crippen MR) is 62.9 cm³/mol. The Bertz CT molecular complexity index is 208. The van der Waals surface area contributed by atoms with E-state index in [1.54, 1.807) is 0 Å². The Morgan fingerprint density at radius 1 is 1.07 bits per heavy atom. The van der Waals surface area contributed by atoms with Gasteiger partial charge < -0.3 is 10.8 Å². The number of hydrogen-bond donors (Lipinski definition) is 2. The molecule has 4 saturated carbocycles. The summed E-state index contributed by atoms with van der Waals surface area (Å²) in [4.78, 5) is 0. The van der Waals surface area contributed by atoms with E-state index in [0.717, 1.165) is 17.8 Å². The van der Waals surface area contributed by atoms with Crippen LogP contribution in [0.1, 0.15) is 38.5 Å². The summed E-state index contributed by atoms with van der Waals surface area (Å²) in [5.41, 5.74) is 6.46. The molecule has 2 nitrogen and oxygen atoms in total. The highest BCUT2D eigenvalue weighted by Gasteiger charge is 2.53. The van der Waals surface area contributed by atoms with Gasteiger partial charge in [0.25, 0.3) is 0 Å². The highest BCUT2D eigenvalue weighted by Crippen LogP contribution is 2.60. The molecule has 0 heterocycles. The van der Waals surface area contributed by atoms with E-state index in [0.29, 0.717) is 5.41 Å². The zero-order chi connectivity index (χ0) is 9.76. The van der Waals surface area contributed by atoms with E-state index in [1.165, 1.54) is 38.5 Å². The minimum absolute atomic E-state index is 0. The zero-order valence-corrected chi connectivity index (χ0v) is 10.0. The molecule has 0 saturated heterocycles. The molecule has 0 amide bonds. The normalized spacial score (nSPS) is 48.8. The van der Waals surface area contributed by atoms with Crippen molar-refractivity contribution in [3.05, 3.63) is 0 Å². The molecule has 4 aliphatic rings. The highest BCUT2D eigenvalue weighted by atomic mass is 35.5. The summed E-state index contributed by atoms with van der Waals surface area (Å²) in [6.07, 6.45) is 8.29. The maximum absolute atomic E-state index is 9.27. The number of rotatable bonds is 2. The van der Waals surface area contributed by atoms with E-state index in [4.69, 9.17) is 5.73 Å². The number of halogens is 1. The molecule has 3 heteroatoms. The van der Waals surface area contributed by atoms with Crippen molar-refractivity contribution in [3.63, 3.8) is 0 Å². The van der Waals surface area contributed by atoms with Crippen molar-refractivity contribution in [2.75, 3.05) is 6.61 Å². The Balaban J connectivity index is 0.000000853. The third-order valence-corrected chi connectivity index (χ3v) is 5.07. The van der Waals surface area contributed by atoms with Gasteiger partial charge >= 0.3 is 0 Å². The minimum Gasteiger partial charge on any atom is -0.395 e. The van der Waals surface area contributed by atoms with Crippen molar-refractivity contribution in [2.24, 2.45) is 28.9 Å². The molecule has 15 heavy (non-hydrogen) atoms. The molecule has 0 aromatic rings. The molecule has 1 atom stereocenters. The second-order valence-corrected chi connectivity index (χ2v) is 6.07. The molecule has 0 unspecified atom stereocenters. The molecule has 4 aliphatic carbocycles. The van der Waals surface area contributed by atoms with Crippen LogP contribution in [0.2, 0.25) is 0 Å². The Morgan fingerprint density at radius 2 is 1.47 bits per heavy atom. The maximum Gasteiger partial charge on any atom is 0.0587 e. The third kappa shape index (κ3) is 1.71. The van der Waals surface area contributed by atoms with Crippen LogP contribution in [-0.4, -0.2) is 17.8 Å². The summed E-state index contributed by atoms with van der Waals surface area (Å²) >= 11 is 0. The number of aliphatic hydroxyl groups is 1. The van der Waals surface area contributed by atoms with Gasteiger partial charge in [-0.05, 0) is 61.7 Å². The summed E-state index contributed by atoms with van der Waals surface area (Å²) in [5, 5.41) is 9.27. The molecule has 3 N–H and O–H groups in total. The van der Waals surface area contributed by atoms with Gasteiger partial charge in [-0.3, -0.25) is 0 Å². The Morgan fingerprint density at radius 3 is 1.80 bits per heavy atom. The third-order valence-electron chi connectivity index (χ3n) is 5.07. The fraction of sp³-hybridized carbons (Fsp3) is 1.00. The quantitative estimate of drug-likeness (QED) is 0.763. The topological polar surface area (TPSA) is 46.2 Å². The fourth-order valence-electron chi connectivity index (χ4n) is 4.83. The van der Waals surface area contributed by atoms with E-state index in [9.17, 15) is 5.11 Å². The van der Waals surface area contributed by atoms with Crippen LogP contribution in [-0.2, 0) is 0 Å². The van der Waals surface area contributed by atoms with Gasteiger partial charge in [0, 0.05) is 6.04 Å². The van der Waals surface area contributed by atoms with Gasteiger partial charge in [-0.15, -0.1) is 12.4 Å². The van der Waals surface area contributed by atoms with Gasteiger partial charge in [0.05, 0.1) is 6.61 Å². The number of aliphatic hydroxyl groups excluding tert-OH is 1. The van der Waals surface area contributed by atoms with Crippen LogP contribution >= 0.6 is 12.4 Å². The second-order valence-electron chi connectivity index (χ2n) is 6.07. The molecule has 4 bridgehead atoms. The van der Waals surface area contributed by atoms with Gasteiger partial charge in [-0.1, -0.05) is 0 Å². The van der Waals surface area contributed by atoms with Crippen LogP contribution < -0.4 is 5.73 Å². The second kappa shape index (κ2) is 3.90. The molecule has 0 radical (unpaired) electrons. The predicted octanol–water partition coefficient (Wildman–Crippen LogP) is 1.94. The van der Waals surface area contributed by atoms with Crippen LogP contribution in [0.25, 0.3) is 0 Å². The molecule has 0 aliphatic heterocycles. The molecule has 88 valence electrons. The summed E-state index contributed by atoms with van der Waals surface area (Å²) in [7, 11) is 0. The van der Waals surface area contributed by atoms with Gasteiger partial charge in [-0.2, -0.15) is 0 Å². The van der Waals surface area contributed by atoms with Gasteiger partial charge in [0.2, 0.25) is 0 Å². The molecule has 0 aromatic heterocycles. The van der Waals surface area contributed by atoms with E-state index in [1.807, 2.05) is 0 Å². The van der Waals surface area contributed by atoms with Crippen LogP contribution in [0.5, 0.6) is 0 Å². The molecular weight excluding hydrogens is 210 g/mol. The molecule has 4 rings (SSSR count). The van der Waals surface area contributed by atoms with Crippen molar-refractivity contribution < 1.29 is 5.11 Å². The molecule has 0 aromatic carbocycles. The van der Waals surface area contributed by atoms with Crippen LogP contribution in [0, 0.1) is 23.2 Å². The number of nitrogens with two attached hydrogens (primary N) is 1. The highest BCUT2D eigenvalue weighted by molar-refractivity contribution is 5.85. The van der Waals surface area contributed by atoms with Crippen LogP contribution in [0.4, 0.5) is 0 Å². The molecule has 0 spiro atoms. The minimum atomic E-state index is 0. The first-order valence-electron chi connectivity index (χ1n) is 6.08. The monoisotopic (exact) mass is 231 g/mol. The van der Waals surface area contributed by atoms with E-state index >= 15 is 0 Å². The molecular formula is C12H22ClNO. The van der Waals surface area contributed by atoms with Crippen molar-refractivity contribution in [2.45, 2.75) is 44.6 Å². The Kier molecular flexibility index (Phi) is 3.04. The largest absolute Gasteiger partial charge is 0.395 e. The van der Waals surface area contributed by atoms with Gasteiger partial charge in [0.15, 0.2) is 0 Å². The summed E-state index contributed by atoms with van der Waals surface area (Å²) in [6.45, 7) is 0.187. The van der Waals surface area contributed by atoms with Crippen LogP contribution in [0.15, 0.2) is 0 Å².